The predicted octanol–water partition coefficient (Wildman–Crippen LogP) is 3.46. The Morgan fingerprint density at radius 3 is 2.60 bits per heavy atom. The number of nitrogens with one attached hydrogen (secondary N) is 1. The van der Waals surface area contributed by atoms with Crippen molar-refractivity contribution in [1.29, 1.82) is 0 Å². The van der Waals surface area contributed by atoms with Gasteiger partial charge in [0.1, 0.15) is 0 Å². The molecular weight excluding hydrogens is 376 g/mol. The third-order valence-electron chi connectivity index (χ3n) is 4.45. The molecule has 7 nitrogen and oxygen atoms in total. The van der Waals surface area contributed by atoms with E-state index >= 15 is 0 Å². The minimum atomic E-state index is -0.268. The van der Waals surface area contributed by atoms with Crippen molar-refractivity contribution in [1.82, 2.24) is 25.6 Å². The van der Waals surface area contributed by atoms with Crippen LogP contribution in [0, 0.1) is 6.92 Å². The maximum Gasteiger partial charge on any atom is 0.271 e. The summed E-state index contributed by atoms with van der Waals surface area (Å²) in [5, 5.41) is 16.6. The van der Waals surface area contributed by atoms with Gasteiger partial charge in [-0.25, -0.2) is 5.43 Å². The molecule has 30 heavy (non-hydrogen) atoms. The van der Waals surface area contributed by atoms with E-state index in [9.17, 15) is 4.79 Å². The normalized spacial score (nSPS) is 11.0. The smallest absolute Gasteiger partial charge is 0.267 e. The molecule has 0 fully saturated rings. The summed E-state index contributed by atoms with van der Waals surface area (Å²) in [6.07, 6.45) is 1.62. The maximum atomic E-state index is 12.3. The second kappa shape index (κ2) is 8.91. The van der Waals surface area contributed by atoms with E-state index in [1.165, 1.54) is 4.80 Å². The number of aryl methyl sites for hydroxylation is 1. The number of rotatable bonds is 6. The molecule has 0 aliphatic carbocycles. The van der Waals surface area contributed by atoms with E-state index in [-0.39, 0.29) is 5.91 Å². The summed E-state index contributed by atoms with van der Waals surface area (Å²) >= 11 is 0. The van der Waals surface area contributed by atoms with Gasteiger partial charge in [0.05, 0.1) is 12.8 Å². The fourth-order valence-corrected chi connectivity index (χ4v) is 2.92. The SMILES string of the molecule is Cc1cccc(C=NNC(=O)c2ccc(Cn3nnc(-c4ccccc4)n3)cc2)c1. The third-order valence-corrected chi connectivity index (χ3v) is 4.45. The van der Waals surface area contributed by atoms with Crippen LogP contribution in [0.3, 0.4) is 0 Å². The summed E-state index contributed by atoms with van der Waals surface area (Å²) in [6.45, 7) is 2.47. The van der Waals surface area contributed by atoms with Crippen LogP contribution in [0.5, 0.6) is 0 Å². The highest BCUT2D eigenvalue weighted by Crippen LogP contribution is 2.12. The molecule has 0 saturated carbocycles. The van der Waals surface area contributed by atoms with E-state index < -0.39 is 0 Å². The van der Waals surface area contributed by atoms with Gasteiger partial charge in [0.2, 0.25) is 5.82 Å². The molecule has 0 spiro atoms. The number of aromatic nitrogens is 4. The second-order valence-electron chi connectivity index (χ2n) is 6.82. The first kappa shape index (κ1) is 19.2. The van der Waals surface area contributed by atoms with Crippen molar-refractivity contribution >= 4 is 12.1 Å². The highest BCUT2D eigenvalue weighted by molar-refractivity contribution is 5.94. The zero-order chi connectivity index (χ0) is 20.8. The van der Waals surface area contributed by atoms with E-state index in [4.69, 9.17) is 0 Å². The molecule has 0 bridgehead atoms. The van der Waals surface area contributed by atoms with Gasteiger partial charge in [0.25, 0.3) is 5.91 Å². The number of benzene rings is 3. The van der Waals surface area contributed by atoms with Crippen LogP contribution in [0.1, 0.15) is 27.0 Å². The molecule has 4 rings (SSSR count). The lowest BCUT2D eigenvalue weighted by Gasteiger charge is -2.03. The van der Waals surface area contributed by atoms with Crippen molar-refractivity contribution < 1.29 is 4.79 Å². The van der Waals surface area contributed by atoms with E-state index in [0.717, 1.165) is 22.3 Å². The Kier molecular flexibility index (Phi) is 5.70. The van der Waals surface area contributed by atoms with Crippen LogP contribution in [0.4, 0.5) is 0 Å². The highest BCUT2D eigenvalue weighted by atomic mass is 16.2. The van der Waals surface area contributed by atoms with Gasteiger partial charge in [-0.2, -0.15) is 9.90 Å². The fourth-order valence-electron chi connectivity index (χ4n) is 2.92. The van der Waals surface area contributed by atoms with Crippen LogP contribution >= 0.6 is 0 Å². The van der Waals surface area contributed by atoms with E-state index in [0.29, 0.717) is 17.9 Å². The molecule has 1 heterocycles. The second-order valence-corrected chi connectivity index (χ2v) is 6.82. The van der Waals surface area contributed by atoms with Crippen molar-refractivity contribution in [3.8, 4) is 11.4 Å². The Bertz CT molecular complexity index is 1170. The number of tetrazole rings is 1. The molecule has 0 atom stereocenters. The molecule has 1 N–H and O–H groups in total. The molecule has 3 aromatic carbocycles. The standard InChI is InChI=1S/C23H20N6O/c1-17-6-5-7-19(14-17)15-24-26-23(30)21-12-10-18(11-13-21)16-29-27-22(25-28-29)20-8-3-2-4-9-20/h2-15H,16H2,1H3,(H,26,30). The van der Waals surface area contributed by atoms with Crippen molar-refractivity contribution in [2.75, 3.05) is 0 Å². The van der Waals surface area contributed by atoms with Gasteiger partial charge in [0.15, 0.2) is 0 Å². The average molecular weight is 396 g/mol. The minimum Gasteiger partial charge on any atom is -0.267 e. The number of amides is 1. The van der Waals surface area contributed by atoms with Crippen molar-refractivity contribution in [3.05, 3.63) is 101 Å². The van der Waals surface area contributed by atoms with Gasteiger partial charge in [-0.15, -0.1) is 10.2 Å². The monoisotopic (exact) mass is 396 g/mol. The molecular formula is C23H20N6O. The summed E-state index contributed by atoms with van der Waals surface area (Å²) in [5.74, 6) is 0.314. The zero-order valence-electron chi connectivity index (χ0n) is 16.4. The molecule has 7 heteroatoms. The van der Waals surface area contributed by atoms with Crippen LogP contribution < -0.4 is 5.43 Å². The van der Waals surface area contributed by atoms with Crippen LogP contribution in [0.2, 0.25) is 0 Å². The molecule has 1 aromatic heterocycles. The van der Waals surface area contributed by atoms with E-state index in [1.807, 2.05) is 73.7 Å². The number of carbonyl (C=O) groups is 1. The van der Waals surface area contributed by atoms with E-state index in [2.05, 4.69) is 25.9 Å². The molecule has 1 amide bonds. The molecule has 4 aromatic rings. The summed E-state index contributed by atoms with van der Waals surface area (Å²) in [6, 6.07) is 24.8. The molecule has 148 valence electrons. The average Bonchev–Trinajstić information content (AvgIpc) is 3.23. The van der Waals surface area contributed by atoms with Gasteiger partial charge >= 0.3 is 0 Å². The lowest BCUT2D eigenvalue weighted by atomic mass is 10.1. The Labute approximate surface area is 174 Å². The lowest BCUT2D eigenvalue weighted by Crippen LogP contribution is -2.17. The Morgan fingerprint density at radius 2 is 1.83 bits per heavy atom. The zero-order valence-corrected chi connectivity index (χ0v) is 16.4. The van der Waals surface area contributed by atoms with Crippen molar-refractivity contribution in [3.63, 3.8) is 0 Å². The summed E-state index contributed by atoms with van der Waals surface area (Å²) < 4.78 is 0. The van der Waals surface area contributed by atoms with Crippen LogP contribution in [-0.4, -0.2) is 32.3 Å². The maximum absolute atomic E-state index is 12.3. The van der Waals surface area contributed by atoms with E-state index in [1.54, 1.807) is 18.3 Å². The third kappa shape index (κ3) is 4.82. The fraction of sp³-hybridized carbons (Fsp3) is 0.0870. The van der Waals surface area contributed by atoms with Crippen LogP contribution in [0.15, 0.2) is 84.0 Å². The molecule has 0 aliphatic heterocycles. The van der Waals surface area contributed by atoms with Crippen molar-refractivity contribution in [2.24, 2.45) is 5.10 Å². The number of carbonyl (C=O) groups excluding carboxylic acids is 1. The molecule has 0 radical (unpaired) electrons. The largest absolute Gasteiger partial charge is 0.271 e. The Morgan fingerprint density at radius 1 is 1.03 bits per heavy atom. The first-order chi connectivity index (χ1) is 14.7. The number of nitrogens with zero attached hydrogens (tertiary/aromatic N) is 5. The Hall–Kier alpha value is -4.13. The number of hydrogen-bond donors (Lipinski definition) is 1. The molecule has 0 aliphatic rings. The first-order valence-electron chi connectivity index (χ1n) is 9.50. The lowest BCUT2D eigenvalue weighted by molar-refractivity contribution is 0.0955. The quantitative estimate of drug-likeness (QED) is 0.400. The van der Waals surface area contributed by atoms with Crippen LogP contribution in [0.25, 0.3) is 11.4 Å². The topological polar surface area (TPSA) is 85.1 Å². The van der Waals surface area contributed by atoms with Crippen molar-refractivity contribution in [2.45, 2.75) is 13.5 Å². The first-order valence-corrected chi connectivity index (χ1v) is 9.50. The minimum absolute atomic E-state index is 0.268. The summed E-state index contributed by atoms with van der Waals surface area (Å²) in [7, 11) is 0. The van der Waals surface area contributed by atoms with Gasteiger partial charge < -0.3 is 0 Å². The van der Waals surface area contributed by atoms with Gasteiger partial charge in [-0.1, -0.05) is 72.3 Å². The molecule has 0 saturated heterocycles. The van der Waals surface area contributed by atoms with Crippen LogP contribution in [-0.2, 0) is 6.54 Å². The Balaban J connectivity index is 1.36. The highest BCUT2D eigenvalue weighted by Gasteiger charge is 2.07. The summed E-state index contributed by atoms with van der Waals surface area (Å²) in [4.78, 5) is 13.8. The predicted molar refractivity (Wildman–Crippen MR) is 115 cm³/mol. The van der Waals surface area contributed by atoms with Gasteiger partial charge in [-0.05, 0) is 35.4 Å². The summed E-state index contributed by atoms with van der Waals surface area (Å²) in [5.41, 5.74) is 7.02. The number of hydrogen-bond acceptors (Lipinski definition) is 5. The van der Waals surface area contributed by atoms with Gasteiger partial charge in [0, 0.05) is 11.1 Å². The number of hydrazone groups is 1. The molecule has 0 unspecified atom stereocenters. The van der Waals surface area contributed by atoms with Gasteiger partial charge in [-0.3, -0.25) is 4.79 Å².